The average Bonchev–Trinajstić information content (AvgIpc) is 3.49. The molecule has 1 aromatic carbocycles. The summed E-state index contributed by atoms with van der Waals surface area (Å²) in [7, 11) is 0. The van der Waals surface area contributed by atoms with Crippen LogP contribution in [0.25, 0.3) is 0 Å². The molecule has 0 spiro atoms. The molecule has 5 rings (SSSR count). The first kappa shape index (κ1) is 18.4. The molecule has 0 radical (unpaired) electrons. The minimum atomic E-state index is 0.0180. The van der Waals surface area contributed by atoms with E-state index >= 15 is 0 Å². The van der Waals surface area contributed by atoms with Crippen molar-refractivity contribution in [3.63, 3.8) is 0 Å². The highest BCUT2D eigenvalue weighted by molar-refractivity contribution is 7.80. The second-order valence-corrected chi connectivity index (χ2v) is 8.55. The molecule has 2 aromatic heterocycles. The number of anilines is 1. The van der Waals surface area contributed by atoms with Crippen LogP contribution in [0.2, 0.25) is 0 Å². The van der Waals surface area contributed by atoms with Crippen LogP contribution in [0.5, 0.6) is 0 Å². The molecule has 0 amide bonds. The van der Waals surface area contributed by atoms with Gasteiger partial charge in [-0.1, -0.05) is 36.6 Å². The van der Waals surface area contributed by atoms with E-state index in [1.165, 1.54) is 36.8 Å². The van der Waals surface area contributed by atoms with Crippen LogP contribution in [0.1, 0.15) is 60.6 Å². The maximum Gasteiger partial charge on any atom is 0.174 e. The lowest BCUT2D eigenvalue weighted by Gasteiger charge is -2.27. The van der Waals surface area contributed by atoms with Gasteiger partial charge in [0, 0.05) is 30.3 Å². The number of hydrogen-bond acceptors (Lipinski definition) is 2. The molecule has 1 aliphatic carbocycles. The summed E-state index contributed by atoms with van der Waals surface area (Å²) in [5, 5.41) is 4.30. The quantitative estimate of drug-likeness (QED) is 0.586. The van der Waals surface area contributed by atoms with E-state index in [4.69, 9.17) is 12.2 Å². The van der Waals surface area contributed by atoms with E-state index in [0.717, 1.165) is 16.5 Å². The lowest BCUT2D eigenvalue weighted by Crippen LogP contribution is -2.29. The Bertz CT molecular complexity index is 989. The summed E-state index contributed by atoms with van der Waals surface area (Å²) in [6.45, 7) is 2.11. The van der Waals surface area contributed by atoms with E-state index < -0.39 is 0 Å². The van der Waals surface area contributed by atoms with Gasteiger partial charge in [0.1, 0.15) is 0 Å². The van der Waals surface area contributed by atoms with Crippen molar-refractivity contribution in [1.82, 2.24) is 14.9 Å². The molecule has 1 aliphatic heterocycles. The molecular weight excluding hydrogens is 376 g/mol. The average molecular weight is 403 g/mol. The zero-order valence-corrected chi connectivity index (χ0v) is 17.5. The first-order chi connectivity index (χ1) is 14.2. The number of rotatable bonds is 4. The van der Waals surface area contributed by atoms with Crippen molar-refractivity contribution in [1.29, 1.82) is 0 Å². The minimum Gasteiger partial charge on any atom is -0.351 e. The highest BCUT2D eigenvalue weighted by Gasteiger charge is 2.41. The van der Waals surface area contributed by atoms with Gasteiger partial charge in [0.05, 0.1) is 17.8 Å². The molecular formula is C24H26N4S. The summed E-state index contributed by atoms with van der Waals surface area (Å²) in [6, 6.07) is 17.7. The van der Waals surface area contributed by atoms with Gasteiger partial charge in [-0.15, -0.1) is 0 Å². The summed E-state index contributed by atoms with van der Waals surface area (Å²) in [5.74, 6) is 0. The van der Waals surface area contributed by atoms with Crippen LogP contribution in [-0.4, -0.2) is 14.7 Å². The molecule has 3 heterocycles. The molecule has 148 valence electrons. The number of aromatic nitrogens is 2. The third-order valence-electron chi connectivity index (χ3n) is 6.24. The van der Waals surface area contributed by atoms with Crippen molar-refractivity contribution in [2.24, 2.45) is 0 Å². The van der Waals surface area contributed by atoms with Crippen LogP contribution in [0.4, 0.5) is 5.69 Å². The van der Waals surface area contributed by atoms with Crippen molar-refractivity contribution < 1.29 is 0 Å². The molecule has 29 heavy (non-hydrogen) atoms. The predicted molar refractivity (Wildman–Crippen MR) is 121 cm³/mol. The third kappa shape index (κ3) is 3.44. The number of pyridine rings is 1. The summed E-state index contributed by atoms with van der Waals surface area (Å²) in [5.41, 5.74) is 4.66. The largest absolute Gasteiger partial charge is 0.351 e. The standard InChI is InChI=1S/C24H26N4S/c1-17-9-11-20(12-10-17)28-23(18-13-15-27(16-18)19-6-2-3-7-19)22(26-24(28)29)21-8-4-5-14-25-21/h4-5,8-16,19,22-23H,2-3,6-7H2,1H3,(H,26,29). The SMILES string of the molecule is Cc1ccc(N2C(=S)NC(c3ccccn3)C2c2ccn(C3CCCC3)c2)cc1. The first-order valence-electron chi connectivity index (χ1n) is 10.5. The molecule has 1 N–H and O–H groups in total. The molecule has 5 heteroatoms. The lowest BCUT2D eigenvalue weighted by atomic mass is 9.98. The molecule has 3 aromatic rings. The maximum absolute atomic E-state index is 5.80. The van der Waals surface area contributed by atoms with Gasteiger partial charge in [-0.05, 0) is 67.9 Å². The number of nitrogens with one attached hydrogen (secondary N) is 1. The number of nitrogens with zero attached hydrogens (tertiary/aromatic N) is 3. The second kappa shape index (κ2) is 7.64. The number of benzene rings is 1. The van der Waals surface area contributed by atoms with Crippen LogP contribution in [0.15, 0.2) is 67.1 Å². The maximum atomic E-state index is 5.80. The van der Waals surface area contributed by atoms with Gasteiger partial charge in [0.2, 0.25) is 0 Å². The van der Waals surface area contributed by atoms with Crippen LogP contribution >= 0.6 is 12.2 Å². The van der Waals surface area contributed by atoms with E-state index in [1.807, 2.05) is 18.3 Å². The molecule has 0 bridgehead atoms. The second-order valence-electron chi connectivity index (χ2n) is 8.16. The number of aryl methyl sites for hydroxylation is 1. The Labute approximate surface area is 177 Å². The van der Waals surface area contributed by atoms with Gasteiger partial charge >= 0.3 is 0 Å². The predicted octanol–water partition coefficient (Wildman–Crippen LogP) is 5.48. The summed E-state index contributed by atoms with van der Waals surface area (Å²) in [6.07, 6.45) is 11.7. The summed E-state index contributed by atoms with van der Waals surface area (Å²) in [4.78, 5) is 6.89. The van der Waals surface area contributed by atoms with Gasteiger partial charge in [0.15, 0.2) is 5.11 Å². The van der Waals surface area contributed by atoms with E-state index in [0.29, 0.717) is 6.04 Å². The molecule has 2 aliphatic rings. The molecule has 1 saturated heterocycles. The fourth-order valence-electron chi connectivity index (χ4n) is 4.71. The first-order valence-corrected chi connectivity index (χ1v) is 10.9. The van der Waals surface area contributed by atoms with Crippen molar-refractivity contribution >= 4 is 23.0 Å². The Morgan fingerprint density at radius 3 is 2.55 bits per heavy atom. The zero-order chi connectivity index (χ0) is 19.8. The van der Waals surface area contributed by atoms with Gasteiger partial charge in [-0.2, -0.15) is 0 Å². The third-order valence-corrected chi connectivity index (χ3v) is 6.55. The van der Waals surface area contributed by atoms with Crippen molar-refractivity contribution in [3.05, 3.63) is 83.9 Å². The Balaban J connectivity index is 1.56. The Morgan fingerprint density at radius 2 is 1.83 bits per heavy atom. The molecule has 1 saturated carbocycles. The van der Waals surface area contributed by atoms with E-state index in [2.05, 4.69) is 75.5 Å². The molecule has 2 unspecified atom stereocenters. The van der Waals surface area contributed by atoms with Crippen molar-refractivity contribution in [2.45, 2.75) is 50.7 Å². The fraction of sp³-hybridized carbons (Fsp3) is 0.333. The van der Waals surface area contributed by atoms with Crippen molar-refractivity contribution in [2.75, 3.05) is 4.90 Å². The highest BCUT2D eigenvalue weighted by atomic mass is 32.1. The molecule has 2 fully saturated rings. The van der Waals surface area contributed by atoms with Crippen LogP contribution in [-0.2, 0) is 0 Å². The highest BCUT2D eigenvalue weighted by Crippen LogP contribution is 2.42. The van der Waals surface area contributed by atoms with Crippen LogP contribution in [0.3, 0.4) is 0 Å². The Hall–Kier alpha value is -2.66. The molecule has 4 nitrogen and oxygen atoms in total. The summed E-state index contributed by atoms with van der Waals surface area (Å²) < 4.78 is 2.41. The van der Waals surface area contributed by atoms with Gasteiger partial charge in [-0.25, -0.2) is 0 Å². The molecule has 2 atom stereocenters. The van der Waals surface area contributed by atoms with Gasteiger partial charge < -0.3 is 14.8 Å². The lowest BCUT2D eigenvalue weighted by molar-refractivity contribution is 0.515. The smallest absolute Gasteiger partial charge is 0.174 e. The van der Waals surface area contributed by atoms with E-state index in [-0.39, 0.29) is 12.1 Å². The minimum absolute atomic E-state index is 0.0180. The van der Waals surface area contributed by atoms with Crippen LogP contribution < -0.4 is 10.2 Å². The van der Waals surface area contributed by atoms with Gasteiger partial charge in [0.25, 0.3) is 0 Å². The zero-order valence-electron chi connectivity index (χ0n) is 16.7. The van der Waals surface area contributed by atoms with E-state index in [1.54, 1.807) is 0 Å². The summed E-state index contributed by atoms with van der Waals surface area (Å²) >= 11 is 5.80. The normalized spacial score (nSPS) is 22.2. The Morgan fingerprint density at radius 1 is 1.03 bits per heavy atom. The van der Waals surface area contributed by atoms with E-state index in [9.17, 15) is 0 Å². The fourth-order valence-corrected chi connectivity index (χ4v) is 5.06. The topological polar surface area (TPSA) is 33.1 Å². The number of thiocarbonyl (C=S) groups is 1. The number of hydrogen-bond donors (Lipinski definition) is 1. The van der Waals surface area contributed by atoms with Crippen LogP contribution in [0, 0.1) is 6.92 Å². The van der Waals surface area contributed by atoms with Gasteiger partial charge in [-0.3, -0.25) is 4.98 Å². The van der Waals surface area contributed by atoms with Crippen molar-refractivity contribution in [3.8, 4) is 0 Å². The Kier molecular flexibility index (Phi) is 4.84. The monoisotopic (exact) mass is 402 g/mol.